The highest BCUT2D eigenvalue weighted by Gasteiger charge is 2.49. The summed E-state index contributed by atoms with van der Waals surface area (Å²) >= 11 is 6.08. The fourth-order valence-electron chi connectivity index (χ4n) is 6.77. The van der Waals surface area contributed by atoms with Crippen molar-refractivity contribution < 1.29 is 22.5 Å². The smallest absolute Gasteiger partial charge is 0.264 e. The molecule has 1 aliphatic heterocycles. The summed E-state index contributed by atoms with van der Waals surface area (Å²) in [5.41, 5.74) is 3.66. The Bertz CT molecular complexity index is 2050. The first-order valence-corrected chi connectivity index (χ1v) is 18.9. The van der Waals surface area contributed by atoms with Gasteiger partial charge < -0.3 is 9.42 Å². The predicted octanol–water partition coefficient (Wildman–Crippen LogP) is 7.93. The van der Waals surface area contributed by atoms with Crippen LogP contribution >= 0.6 is 11.6 Å². The molecule has 2 heterocycles. The third-order valence-corrected chi connectivity index (χ3v) is 11.3. The standard InChI is InChI=1S/C38H42ClN5O5S/c1-5-6-13-34-40-38(20-9-10-21-38)37(46)44(34)23-27-14-19-31(29(22-27)24-43(4)36(45)28-15-17-30(39)18-16-28)32-11-7-8-12-33(32)50(47,48)42-35-25(2)26(3)41-49-35/h7-8,11-12,14-19,22,42H,5-6,9-10,13,20-21,23-24H2,1-4H3. The molecule has 10 nitrogen and oxygen atoms in total. The van der Waals surface area contributed by atoms with Gasteiger partial charge in [-0.25, -0.2) is 13.1 Å². The summed E-state index contributed by atoms with van der Waals surface area (Å²) < 4.78 is 35.5. The Morgan fingerprint density at radius 1 is 1.04 bits per heavy atom. The van der Waals surface area contributed by atoms with Gasteiger partial charge in [-0.15, -0.1) is 0 Å². The molecular formula is C38H42ClN5O5S. The Morgan fingerprint density at radius 2 is 1.76 bits per heavy atom. The fourth-order valence-corrected chi connectivity index (χ4v) is 8.17. The second-order valence-corrected chi connectivity index (χ2v) is 15.3. The van der Waals surface area contributed by atoms with Crippen molar-refractivity contribution in [1.29, 1.82) is 0 Å². The van der Waals surface area contributed by atoms with Crippen LogP contribution in [0.25, 0.3) is 11.1 Å². The average Bonchev–Trinajstić information content (AvgIpc) is 3.78. The molecule has 2 amide bonds. The van der Waals surface area contributed by atoms with E-state index in [1.54, 1.807) is 68.3 Å². The van der Waals surface area contributed by atoms with Gasteiger partial charge in [-0.2, -0.15) is 0 Å². The molecule has 4 aromatic rings. The van der Waals surface area contributed by atoms with Gasteiger partial charge >= 0.3 is 0 Å². The molecule has 1 aromatic heterocycles. The molecule has 0 atom stereocenters. The van der Waals surface area contributed by atoms with E-state index in [0.29, 0.717) is 39.5 Å². The molecule has 50 heavy (non-hydrogen) atoms. The first-order valence-electron chi connectivity index (χ1n) is 17.0. The van der Waals surface area contributed by atoms with E-state index in [1.165, 1.54) is 6.07 Å². The minimum atomic E-state index is -4.12. The second-order valence-electron chi connectivity index (χ2n) is 13.2. The van der Waals surface area contributed by atoms with Crippen LogP contribution in [0.15, 0.2) is 81.1 Å². The molecule has 1 aliphatic carbocycles. The molecule has 0 bridgehead atoms. The molecule has 3 aromatic carbocycles. The van der Waals surface area contributed by atoms with Gasteiger partial charge in [0.2, 0.25) is 5.88 Å². The van der Waals surface area contributed by atoms with Crippen molar-refractivity contribution in [3.8, 4) is 11.1 Å². The number of anilines is 1. The Labute approximate surface area is 298 Å². The number of aromatic nitrogens is 1. The van der Waals surface area contributed by atoms with E-state index in [2.05, 4.69) is 16.8 Å². The van der Waals surface area contributed by atoms with E-state index in [-0.39, 0.29) is 29.1 Å². The van der Waals surface area contributed by atoms with Gasteiger partial charge in [0.25, 0.3) is 21.8 Å². The van der Waals surface area contributed by atoms with Crippen LogP contribution in [0.3, 0.4) is 0 Å². The molecular weight excluding hydrogens is 674 g/mol. The van der Waals surface area contributed by atoms with Gasteiger partial charge in [0.05, 0.1) is 17.1 Å². The SMILES string of the molecule is CCCCC1=NC2(CCCC2)C(=O)N1Cc1ccc(-c2ccccc2S(=O)(=O)Nc2onc(C)c2C)c(CN(C)C(=O)c2ccc(Cl)cc2)c1. The number of sulfonamides is 1. The molecule has 2 aliphatic rings. The number of aliphatic imine (C=N–C) groups is 1. The number of amides is 2. The summed E-state index contributed by atoms with van der Waals surface area (Å²) in [6.07, 6.45) is 6.18. The van der Waals surface area contributed by atoms with Crippen molar-refractivity contribution >= 4 is 45.2 Å². The van der Waals surface area contributed by atoms with Crippen LogP contribution in [-0.4, -0.2) is 53.6 Å². The third kappa shape index (κ3) is 7.07. The number of unbranched alkanes of at least 4 members (excludes halogenated alkanes) is 1. The maximum Gasteiger partial charge on any atom is 0.264 e. The van der Waals surface area contributed by atoms with E-state index < -0.39 is 15.6 Å². The van der Waals surface area contributed by atoms with E-state index in [4.69, 9.17) is 21.1 Å². The lowest BCUT2D eigenvalue weighted by Gasteiger charge is -2.24. The van der Waals surface area contributed by atoms with Crippen LogP contribution in [0.1, 0.15) is 84.6 Å². The highest BCUT2D eigenvalue weighted by molar-refractivity contribution is 7.92. The van der Waals surface area contributed by atoms with E-state index in [9.17, 15) is 18.0 Å². The Balaban J connectivity index is 1.39. The highest BCUT2D eigenvalue weighted by atomic mass is 35.5. The number of rotatable bonds is 12. The molecule has 0 saturated heterocycles. The third-order valence-electron chi connectivity index (χ3n) is 9.69. The molecule has 262 valence electrons. The fraction of sp³-hybridized carbons (Fsp3) is 0.368. The van der Waals surface area contributed by atoms with Crippen molar-refractivity contribution in [2.24, 2.45) is 4.99 Å². The van der Waals surface area contributed by atoms with Gasteiger partial charge in [0, 0.05) is 41.7 Å². The number of aryl methyl sites for hydroxylation is 1. The van der Waals surface area contributed by atoms with Crippen molar-refractivity contribution in [1.82, 2.24) is 15.0 Å². The van der Waals surface area contributed by atoms with Crippen LogP contribution in [0, 0.1) is 13.8 Å². The molecule has 0 radical (unpaired) electrons. The van der Waals surface area contributed by atoms with Crippen molar-refractivity contribution in [3.63, 3.8) is 0 Å². The normalized spacial score (nSPS) is 15.5. The van der Waals surface area contributed by atoms with Gasteiger partial charge in [-0.05, 0) is 80.1 Å². The van der Waals surface area contributed by atoms with Gasteiger partial charge in [0.15, 0.2) is 0 Å². The lowest BCUT2D eigenvalue weighted by atomic mass is 9.95. The van der Waals surface area contributed by atoms with Crippen LogP contribution < -0.4 is 4.72 Å². The molecule has 0 unspecified atom stereocenters. The number of amidine groups is 1. The van der Waals surface area contributed by atoms with Crippen LogP contribution in [-0.2, 0) is 27.9 Å². The first-order chi connectivity index (χ1) is 23.9. The quantitative estimate of drug-likeness (QED) is 0.159. The number of hydrogen-bond donors (Lipinski definition) is 1. The topological polar surface area (TPSA) is 125 Å². The zero-order chi connectivity index (χ0) is 35.6. The van der Waals surface area contributed by atoms with E-state index in [0.717, 1.165) is 61.9 Å². The Kier molecular flexibility index (Phi) is 10.2. The number of nitrogens with one attached hydrogen (secondary N) is 1. The van der Waals surface area contributed by atoms with Gasteiger partial charge in [0.1, 0.15) is 11.4 Å². The number of benzene rings is 3. The lowest BCUT2D eigenvalue weighted by Crippen LogP contribution is -2.40. The first kappa shape index (κ1) is 35.3. The van der Waals surface area contributed by atoms with Crippen LogP contribution in [0.2, 0.25) is 5.02 Å². The second kappa shape index (κ2) is 14.4. The van der Waals surface area contributed by atoms with Gasteiger partial charge in [-0.1, -0.05) is 79.3 Å². The van der Waals surface area contributed by atoms with Gasteiger partial charge in [-0.3, -0.25) is 19.5 Å². The number of halogens is 1. The molecule has 1 N–H and O–H groups in total. The zero-order valence-electron chi connectivity index (χ0n) is 28.8. The Morgan fingerprint density at radius 3 is 2.44 bits per heavy atom. The van der Waals surface area contributed by atoms with Crippen molar-refractivity contribution in [2.45, 2.75) is 89.2 Å². The van der Waals surface area contributed by atoms with Crippen LogP contribution in [0.5, 0.6) is 0 Å². The highest BCUT2D eigenvalue weighted by Crippen LogP contribution is 2.40. The van der Waals surface area contributed by atoms with Crippen LogP contribution in [0.4, 0.5) is 5.88 Å². The number of hydrogen-bond acceptors (Lipinski definition) is 7. The average molecular weight is 716 g/mol. The summed E-state index contributed by atoms with van der Waals surface area (Å²) in [6.45, 7) is 6.10. The molecule has 1 spiro atoms. The van der Waals surface area contributed by atoms with E-state index in [1.807, 2.05) is 23.1 Å². The molecule has 6 rings (SSSR count). The minimum absolute atomic E-state index is 0.0426. The predicted molar refractivity (Wildman–Crippen MR) is 195 cm³/mol. The summed E-state index contributed by atoms with van der Waals surface area (Å²) in [6, 6.07) is 19.2. The van der Waals surface area contributed by atoms with Crippen molar-refractivity contribution in [3.05, 3.63) is 99.7 Å². The summed E-state index contributed by atoms with van der Waals surface area (Å²) in [4.78, 5) is 36.0. The maximum absolute atomic E-state index is 13.9. The Hall–Kier alpha value is -4.48. The maximum atomic E-state index is 13.9. The molecule has 1 fully saturated rings. The number of carbonyl (C=O) groups excluding carboxylic acids is 2. The van der Waals surface area contributed by atoms with E-state index >= 15 is 0 Å². The summed E-state index contributed by atoms with van der Waals surface area (Å²) in [5, 5.41) is 4.41. The monoisotopic (exact) mass is 715 g/mol. The summed E-state index contributed by atoms with van der Waals surface area (Å²) in [5.74, 6) is 0.725. The summed E-state index contributed by atoms with van der Waals surface area (Å²) in [7, 11) is -2.42. The largest absolute Gasteiger partial charge is 0.337 e. The molecule has 12 heteroatoms. The number of carbonyl (C=O) groups is 2. The molecule has 1 saturated carbocycles. The zero-order valence-corrected chi connectivity index (χ0v) is 30.4. The minimum Gasteiger partial charge on any atom is -0.337 e. The van der Waals surface area contributed by atoms with Crippen molar-refractivity contribution in [2.75, 3.05) is 11.8 Å². The lowest BCUT2D eigenvalue weighted by molar-refractivity contribution is -0.131. The number of nitrogens with zero attached hydrogens (tertiary/aromatic N) is 4.